The third kappa shape index (κ3) is 2.03. The predicted molar refractivity (Wildman–Crippen MR) is 68.3 cm³/mol. The summed E-state index contributed by atoms with van der Waals surface area (Å²) in [6.07, 6.45) is 2.89. The van der Waals surface area contributed by atoms with Crippen molar-refractivity contribution in [1.82, 2.24) is 10.3 Å². The Kier molecular flexibility index (Phi) is 2.57. The van der Waals surface area contributed by atoms with Crippen molar-refractivity contribution in [3.63, 3.8) is 0 Å². The molecule has 17 heavy (non-hydrogen) atoms. The second-order valence-electron chi connectivity index (χ2n) is 4.40. The molecule has 2 aromatic rings. The van der Waals surface area contributed by atoms with E-state index in [1.807, 2.05) is 12.1 Å². The van der Waals surface area contributed by atoms with E-state index < -0.39 is 0 Å². The number of aromatic hydroxyl groups is 1. The number of phenolic OH excluding ortho intramolecular Hbond substituents is 1. The average Bonchev–Trinajstić information content (AvgIpc) is 2.82. The molecule has 1 atom stereocenters. The highest BCUT2D eigenvalue weighted by Gasteiger charge is 2.15. The van der Waals surface area contributed by atoms with Crippen molar-refractivity contribution in [2.24, 2.45) is 0 Å². The highest BCUT2D eigenvalue weighted by Crippen LogP contribution is 2.25. The van der Waals surface area contributed by atoms with Gasteiger partial charge in [0.25, 0.3) is 0 Å². The van der Waals surface area contributed by atoms with Crippen molar-refractivity contribution < 1.29 is 5.11 Å². The van der Waals surface area contributed by atoms with Crippen LogP contribution in [0.15, 0.2) is 30.5 Å². The number of phenols is 1. The Labute approximate surface area is 99.7 Å². The van der Waals surface area contributed by atoms with E-state index in [4.69, 9.17) is 0 Å². The SMILES string of the molecule is Oc1ccc2c(NC3CCNC3)nccc2c1. The lowest BCUT2D eigenvalue weighted by Crippen LogP contribution is -2.22. The Hall–Kier alpha value is -1.81. The first-order valence-electron chi connectivity index (χ1n) is 5.88. The lowest BCUT2D eigenvalue weighted by molar-refractivity contribution is 0.476. The van der Waals surface area contributed by atoms with Gasteiger partial charge in [0.1, 0.15) is 11.6 Å². The molecule has 3 N–H and O–H groups in total. The maximum absolute atomic E-state index is 9.45. The third-order valence-electron chi connectivity index (χ3n) is 3.15. The van der Waals surface area contributed by atoms with Crippen LogP contribution in [0, 0.1) is 0 Å². The molecule has 4 nitrogen and oxygen atoms in total. The Morgan fingerprint density at radius 3 is 3.12 bits per heavy atom. The summed E-state index contributed by atoms with van der Waals surface area (Å²) in [5, 5.41) is 18.3. The van der Waals surface area contributed by atoms with E-state index in [-0.39, 0.29) is 5.75 Å². The third-order valence-corrected chi connectivity index (χ3v) is 3.15. The fraction of sp³-hybridized carbons (Fsp3) is 0.308. The summed E-state index contributed by atoms with van der Waals surface area (Å²) in [5.74, 6) is 1.19. The van der Waals surface area contributed by atoms with Crippen LogP contribution < -0.4 is 10.6 Å². The van der Waals surface area contributed by atoms with Crippen molar-refractivity contribution in [2.45, 2.75) is 12.5 Å². The van der Waals surface area contributed by atoms with Gasteiger partial charge in [0.15, 0.2) is 0 Å². The normalized spacial score (nSPS) is 19.6. The number of hydrogen-bond donors (Lipinski definition) is 3. The van der Waals surface area contributed by atoms with Crippen LogP contribution in [-0.4, -0.2) is 29.2 Å². The van der Waals surface area contributed by atoms with Gasteiger partial charge in [0.2, 0.25) is 0 Å². The molecule has 1 aromatic heterocycles. The van der Waals surface area contributed by atoms with E-state index >= 15 is 0 Å². The number of rotatable bonds is 2. The molecule has 0 amide bonds. The molecular weight excluding hydrogens is 214 g/mol. The smallest absolute Gasteiger partial charge is 0.134 e. The van der Waals surface area contributed by atoms with E-state index in [1.165, 1.54) is 0 Å². The number of nitrogens with zero attached hydrogens (tertiary/aromatic N) is 1. The summed E-state index contributed by atoms with van der Waals surface area (Å²) in [6.45, 7) is 2.04. The van der Waals surface area contributed by atoms with Gasteiger partial charge >= 0.3 is 0 Å². The summed E-state index contributed by atoms with van der Waals surface area (Å²) in [4.78, 5) is 4.38. The lowest BCUT2D eigenvalue weighted by atomic mass is 10.1. The van der Waals surface area contributed by atoms with Gasteiger partial charge in [0.05, 0.1) is 0 Å². The molecule has 1 fully saturated rings. The summed E-state index contributed by atoms with van der Waals surface area (Å²) in [7, 11) is 0. The van der Waals surface area contributed by atoms with E-state index in [9.17, 15) is 5.11 Å². The summed E-state index contributed by atoms with van der Waals surface area (Å²) in [5.41, 5.74) is 0. The predicted octanol–water partition coefficient (Wildman–Crippen LogP) is 1.71. The van der Waals surface area contributed by atoms with E-state index in [1.54, 1.807) is 18.3 Å². The second-order valence-corrected chi connectivity index (χ2v) is 4.40. The molecule has 88 valence electrons. The van der Waals surface area contributed by atoms with Gasteiger partial charge in [-0.3, -0.25) is 0 Å². The molecule has 0 spiro atoms. The first kappa shape index (κ1) is 10.4. The zero-order valence-corrected chi connectivity index (χ0v) is 9.48. The zero-order valence-electron chi connectivity index (χ0n) is 9.48. The van der Waals surface area contributed by atoms with Crippen LogP contribution in [-0.2, 0) is 0 Å². The van der Waals surface area contributed by atoms with Crippen molar-refractivity contribution in [3.8, 4) is 5.75 Å². The van der Waals surface area contributed by atoms with Gasteiger partial charge in [-0.2, -0.15) is 0 Å². The van der Waals surface area contributed by atoms with Crippen LogP contribution in [0.3, 0.4) is 0 Å². The number of benzene rings is 1. The summed E-state index contributed by atoms with van der Waals surface area (Å²) in [6, 6.07) is 7.72. The molecule has 0 aliphatic carbocycles. The van der Waals surface area contributed by atoms with Crippen LogP contribution in [0.25, 0.3) is 10.8 Å². The summed E-state index contributed by atoms with van der Waals surface area (Å²) < 4.78 is 0. The van der Waals surface area contributed by atoms with Gasteiger partial charge in [-0.05, 0) is 42.6 Å². The molecule has 0 saturated carbocycles. The lowest BCUT2D eigenvalue weighted by Gasteiger charge is -2.13. The number of aromatic nitrogens is 1. The molecule has 0 radical (unpaired) electrons. The first-order valence-corrected chi connectivity index (χ1v) is 5.88. The Balaban J connectivity index is 1.97. The van der Waals surface area contributed by atoms with Gasteiger partial charge in [-0.15, -0.1) is 0 Å². The molecule has 1 unspecified atom stereocenters. The molecule has 1 aliphatic heterocycles. The fourth-order valence-corrected chi connectivity index (χ4v) is 2.25. The number of pyridine rings is 1. The minimum Gasteiger partial charge on any atom is -0.508 e. The molecule has 4 heteroatoms. The average molecular weight is 229 g/mol. The van der Waals surface area contributed by atoms with Gasteiger partial charge in [-0.25, -0.2) is 4.98 Å². The maximum Gasteiger partial charge on any atom is 0.134 e. The van der Waals surface area contributed by atoms with Crippen LogP contribution in [0.1, 0.15) is 6.42 Å². The van der Waals surface area contributed by atoms with Crippen LogP contribution in [0.5, 0.6) is 5.75 Å². The molecular formula is C13H15N3O. The Bertz CT molecular complexity index is 535. The van der Waals surface area contributed by atoms with E-state index in [2.05, 4.69) is 15.6 Å². The van der Waals surface area contributed by atoms with E-state index in [0.717, 1.165) is 36.1 Å². The quantitative estimate of drug-likeness (QED) is 0.734. The highest BCUT2D eigenvalue weighted by molar-refractivity contribution is 5.92. The molecule has 2 heterocycles. The van der Waals surface area contributed by atoms with Gasteiger partial charge in [0, 0.05) is 24.2 Å². The number of anilines is 1. The standard InChI is InChI=1S/C13H15N3O/c17-11-1-2-12-9(7-11)3-6-15-13(12)16-10-4-5-14-8-10/h1-3,6-7,10,14,17H,4-5,8H2,(H,15,16). The minimum absolute atomic E-state index is 0.289. The maximum atomic E-state index is 9.45. The Morgan fingerprint density at radius 2 is 2.29 bits per heavy atom. The minimum atomic E-state index is 0.289. The number of fused-ring (bicyclic) bond motifs is 1. The second kappa shape index (κ2) is 4.22. The van der Waals surface area contributed by atoms with Crippen LogP contribution in [0.4, 0.5) is 5.82 Å². The molecule has 1 aliphatic rings. The van der Waals surface area contributed by atoms with Crippen molar-refractivity contribution >= 4 is 16.6 Å². The molecule has 3 rings (SSSR count). The van der Waals surface area contributed by atoms with Crippen LogP contribution in [0.2, 0.25) is 0 Å². The van der Waals surface area contributed by atoms with Crippen molar-refractivity contribution in [2.75, 3.05) is 18.4 Å². The van der Waals surface area contributed by atoms with Crippen molar-refractivity contribution in [3.05, 3.63) is 30.5 Å². The largest absolute Gasteiger partial charge is 0.508 e. The van der Waals surface area contributed by atoms with E-state index in [0.29, 0.717) is 6.04 Å². The number of hydrogen-bond acceptors (Lipinski definition) is 4. The fourth-order valence-electron chi connectivity index (χ4n) is 2.25. The Morgan fingerprint density at radius 1 is 1.35 bits per heavy atom. The van der Waals surface area contributed by atoms with Crippen molar-refractivity contribution in [1.29, 1.82) is 0 Å². The molecule has 1 aromatic carbocycles. The van der Waals surface area contributed by atoms with Crippen LogP contribution >= 0.6 is 0 Å². The van der Waals surface area contributed by atoms with Gasteiger partial charge in [-0.1, -0.05) is 0 Å². The number of nitrogens with one attached hydrogen (secondary N) is 2. The zero-order chi connectivity index (χ0) is 11.7. The highest BCUT2D eigenvalue weighted by atomic mass is 16.3. The molecule has 1 saturated heterocycles. The first-order chi connectivity index (χ1) is 8.33. The van der Waals surface area contributed by atoms with Gasteiger partial charge < -0.3 is 15.7 Å². The molecule has 0 bridgehead atoms. The summed E-state index contributed by atoms with van der Waals surface area (Å²) >= 11 is 0. The monoisotopic (exact) mass is 229 g/mol. The topological polar surface area (TPSA) is 57.2 Å².